The Kier molecular flexibility index (Phi) is 3.62. The van der Waals surface area contributed by atoms with E-state index in [9.17, 15) is 4.39 Å². The van der Waals surface area contributed by atoms with Gasteiger partial charge in [-0.2, -0.15) is 0 Å². The standard InChI is InChI=1S/C18H18FN5O2/c19-14-3-4-15-12(5-6-25-15)13(14)7-20-18-21-8-16(26-9-11-1-2-11)17-23-22-10-24(17)18/h3-4,8,10-11H,1-2,5-7,9H2,(H,20,21). The number of anilines is 1. The van der Waals surface area contributed by atoms with Gasteiger partial charge in [-0.1, -0.05) is 0 Å². The van der Waals surface area contributed by atoms with Gasteiger partial charge in [-0.15, -0.1) is 10.2 Å². The van der Waals surface area contributed by atoms with E-state index in [1.165, 1.54) is 18.9 Å². The number of aromatic nitrogens is 4. The van der Waals surface area contributed by atoms with Gasteiger partial charge in [0.15, 0.2) is 5.75 Å². The molecule has 1 aromatic carbocycles. The molecule has 1 aliphatic heterocycles. The van der Waals surface area contributed by atoms with E-state index in [4.69, 9.17) is 9.47 Å². The van der Waals surface area contributed by atoms with E-state index in [-0.39, 0.29) is 5.82 Å². The molecule has 1 aliphatic carbocycles. The van der Waals surface area contributed by atoms with Crippen LogP contribution in [0.3, 0.4) is 0 Å². The van der Waals surface area contributed by atoms with Crippen molar-refractivity contribution in [3.63, 3.8) is 0 Å². The lowest BCUT2D eigenvalue weighted by Gasteiger charge is -2.12. The number of benzene rings is 1. The molecule has 2 aliphatic rings. The van der Waals surface area contributed by atoms with Crippen LogP contribution in [0, 0.1) is 11.7 Å². The molecule has 8 heteroatoms. The Balaban J connectivity index is 1.39. The molecule has 1 saturated carbocycles. The van der Waals surface area contributed by atoms with Crippen molar-refractivity contribution in [3.8, 4) is 11.5 Å². The van der Waals surface area contributed by atoms with Gasteiger partial charge in [-0.05, 0) is 30.9 Å². The summed E-state index contributed by atoms with van der Waals surface area (Å²) in [6.45, 7) is 1.58. The molecule has 5 rings (SSSR count). The molecular weight excluding hydrogens is 337 g/mol. The lowest BCUT2D eigenvalue weighted by Crippen LogP contribution is -2.10. The third-order valence-electron chi connectivity index (χ3n) is 4.84. The van der Waals surface area contributed by atoms with Gasteiger partial charge in [0.25, 0.3) is 0 Å². The zero-order chi connectivity index (χ0) is 17.5. The maximum atomic E-state index is 14.3. The summed E-state index contributed by atoms with van der Waals surface area (Å²) in [6.07, 6.45) is 6.36. The van der Waals surface area contributed by atoms with E-state index in [0.717, 1.165) is 11.3 Å². The Bertz CT molecular complexity index is 970. The highest BCUT2D eigenvalue weighted by atomic mass is 19.1. The molecule has 26 heavy (non-hydrogen) atoms. The smallest absolute Gasteiger partial charge is 0.210 e. The Hall–Kier alpha value is -2.90. The summed E-state index contributed by atoms with van der Waals surface area (Å²) in [4.78, 5) is 4.41. The zero-order valence-electron chi connectivity index (χ0n) is 14.1. The summed E-state index contributed by atoms with van der Waals surface area (Å²) >= 11 is 0. The number of hydrogen-bond acceptors (Lipinski definition) is 6. The third-order valence-corrected chi connectivity index (χ3v) is 4.84. The van der Waals surface area contributed by atoms with Crippen molar-refractivity contribution in [2.24, 2.45) is 5.92 Å². The molecule has 3 aromatic rings. The summed E-state index contributed by atoms with van der Waals surface area (Å²) in [5.74, 6) is 2.31. The first-order chi connectivity index (χ1) is 12.8. The highest BCUT2D eigenvalue weighted by Gasteiger charge is 2.23. The van der Waals surface area contributed by atoms with Crippen molar-refractivity contribution in [1.82, 2.24) is 19.6 Å². The molecule has 0 radical (unpaired) electrons. The lowest BCUT2D eigenvalue weighted by molar-refractivity contribution is 0.300. The number of nitrogens with one attached hydrogen (secondary N) is 1. The van der Waals surface area contributed by atoms with Crippen molar-refractivity contribution in [2.45, 2.75) is 25.8 Å². The van der Waals surface area contributed by atoms with E-state index in [2.05, 4.69) is 20.5 Å². The highest BCUT2D eigenvalue weighted by Crippen LogP contribution is 2.32. The average molecular weight is 355 g/mol. The number of nitrogens with zero attached hydrogens (tertiary/aromatic N) is 4. The van der Waals surface area contributed by atoms with Gasteiger partial charge in [0, 0.05) is 24.1 Å². The summed E-state index contributed by atoms with van der Waals surface area (Å²) in [5.41, 5.74) is 2.13. The van der Waals surface area contributed by atoms with Crippen LogP contribution in [0.15, 0.2) is 24.7 Å². The molecule has 0 spiro atoms. The second kappa shape index (κ2) is 6.12. The molecule has 134 valence electrons. The quantitative estimate of drug-likeness (QED) is 0.733. The summed E-state index contributed by atoms with van der Waals surface area (Å²) in [7, 11) is 0. The van der Waals surface area contributed by atoms with Crippen molar-refractivity contribution in [1.29, 1.82) is 0 Å². The van der Waals surface area contributed by atoms with Gasteiger partial charge in [0.1, 0.15) is 17.9 Å². The number of hydrogen-bond donors (Lipinski definition) is 1. The minimum absolute atomic E-state index is 0.244. The van der Waals surface area contributed by atoms with E-state index in [1.807, 2.05) is 0 Å². The second-order valence-electron chi connectivity index (χ2n) is 6.68. The van der Waals surface area contributed by atoms with Crippen LogP contribution in [-0.2, 0) is 13.0 Å². The largest absolute Gasteiger partial charge is 0.493 e. The lowest BCUT2D eigenvalue weighted by atomic mass is 10.0. The van der Waals surface area contributed by atoms with E-state index >= 15 is 0 Å². The van der Waals surface area contributed by atoms with E-state index < -0.39 is 0 Å². The molecule has 0 bridgehead atoms. The van der Waals surface area contributed by atoms with Gasteiger partial charge in [0.2, 0.25) is 11.6 Å². The molecule has 0 amide bonds. The van der Waals surface area contributed by atoms with Gasteiger partial charge in [-0.25, -0.2) is 13.8 Å². The fourth-order valence-corrected chi connectivity index (χ4v) is 3.20. The normalized spacial score (nSPS) is 15.7. The molecule has 2 aromatic heterocycles. The molecule has 1 fully saturated rings. The van der Waals surface area contributed by atoms with Crippen LogP contribution in [0.25, 0.3) is 5.65 Å². The molecule has 7 nitrogen and oxygen atoms in total. The minimum Gasteiger partial charge on any atom is -0.493 e. The third kappa shape index (κ3) is 2.71. The zero-order valence-corrected chi connectivity index (χ0v) is 14.1. The predicted octanol–water partition coefficient (Wildman–Crippen LogP) is 2.60. The maximum Gasteiger partial charge on any atom is 0.210 e. The number of ether oxygens (including phenoxy) is 2. The SMILES string of the molecule is Fc1ccc2c(c1CNc1ncc(OCC3CC3)c3nncn13)CCO2. The van der Waals surface area contributed by atoms with Crippen LogP contribution >= 0.6 is 0 Å². The summed E-state index contributed by atoms with van der Waals surface area (Å²) in [6, 6.07) is 3.13. The molecule has 1 N–H and O–H groups in total. The molecular formula is C18H18FN5O2. The van der Waals surface area contributed by atoms with Crippen LogP contribution in [0.1, 0.15) is 24.0 Å². The fraction of sp³-hybridized carbons (Fsp3) is 0.389. The van der Waals surface area contributed by atoms with Crippen molar-refractivity contribution < 1.29 is 13.9 Å². The first kappa shape index (κ1) is 15.4. The minimum atomic E-state index is -0.244. The number of halogens is 1. The van der Waals surface area contributed by atoms with Crippen molar-refractivity contribution >= 4 is 11.6 Å². The van der Waals surface area contributed by atoms with Gasteiger partial charge in [-0.3, -0.25) is 0 Å². The first-order valence-electron chi connectivity index (χ1n) is 8.78. The van der Waals surface area contributed by atoms with E-state index in [0.29, 0.717) is 55.0 Å². The summed E-state index contributed by atoms with van der Waals surface area (Å²) in [5, 5.41) is 11.3. The Morgan fingerprint density at radius 3 is 3.15 bits per heavy atom. The van der Waals surface area contributed by atoms with Crippen LogP contribution in [-0.4, -0.2) is 32.8 Å². The van der Waals surface area contributed by atoms with Crippen LogP contribution in [0.4, 0.5) is 10.3 Å². The number of fused-ring (bicyclic) bond motifs is 2. The molecule has 3 heterocycles. The fourth-order valence-electron chi connectivity index (χ4n) is 3.20. The molecule has 0 atom stereocenters. The Morgan fingerprint density at radius 2 is 2.27 bits per heavy atom. The van der Waals surface area contributed by atoms with Crippen molar-refractivity contribution in [2.75, 3.05) is 18.5 Å². The Morgan fingerprint density at radius 1 is 1.35 bits per heavy atom. The predicted molar refractivity (Wildman–Crippen MR) is 91.9 cm³/mol. The Labute approximate surface area is 149 Å². The first-order valence-corrected chi connectivity index (χ1v) is 8.78. The number of rotatable bonds is 6. The van der Waals surface area contributed by atoms with Crippen LogP contribution in [0.2, 0.25) is 0 Å². The van der Waals surface area contributed by atoms with Gasteiger partial charge in [0.05, 0.1) is 19.4 Å². The topological polar surface area (TPSA) is 73.6 Å². The average Bonchev–Trinajstić information content (AvgIpc) is 3.14. The maximum absolute atomic E-state index is 14.3. The molecule has 0 unspecified atom stereocenters. The van der Waals surface area contributed by atoms with E-state index in [1.54, 1.807) is 23.0 Å². The van der Waals surface area contributed by atoms with Crippen molar-refractivity contribution in [3.05, 3.63) is 41.6 Å². The van der Waals surface area contributed by atoms with Gasteiger partial charge < -0.3 is 14.8 Å². The highest BCUT2D eigenvalue weighted by molar-refractivity contribution is 5.56. The molecule has 0 saturated heterocycles. The van der Waals surface area contributed by atoms with Gasteiger partial charge >= 0.3 is 0 Å². The summed E-state index contributed by atoms with van der Waals surface area (Å²) < 4.78 is 27.3. The monoisotopic (exact) mass is 355 g/mol. The second-order valence-corrected chi connectivity index (χ2v) is 6.68. The van der Waals surface area contributed by atoms with Crippen LogP contribution in [0.5, 0.6) is 11.5 Å². The van der Waals surface area contributed by atoms with Crippen LogP contribution < -0.4 is 14.8 Å².